The van der Waals surface area contributed by atoms with Gasteiger partial charge in [0.2, 0.25) is 11.8 Å². The predicted molar refractivity (Wildman–Crippen MR) is 175 cm³/mol. The third-order valence-electron chi connectivity index (χ3n) is 7.16. The molecular formula is C38H38N2O6. The zero-order valence-electron chi connectivity index (χ0n) is 25.6. The minimum Gasteiger partial charge on any atom is -0.460 e. The smallest absolute Gasteiger partial charge is 0.325 e. The fourth-order valence-electron chi connectivity index (χ4n) is 4.67. The van der Waals surface area contributed by atoms with E-state index in [0.29, 0.717) is 18.4 Å². The highest BCUT2D eigenvalue weighted by molar-refractivity contribution is 5.95. The SMILES string of the molecule is O=C(CNC(=O)/C(=C/CC(Cc1ccccc1)C(=O)NCC(=O)OCc1ccccc1)Cc1ccccc1)OCc1ccccc1. The summed E-state index contributed by atoms with van der Waals surface area (Å²) in [5, 5.41) is 5.37. The monoisotopic (exact) mass is 618 g/mol. The largest absolute Gasteiger partial charge is 0.460 e. The van der Waals surface area contributed by atoms with Gasteiger partial charge in [0, 0.05) is 17.9 Å². The molecule has 0 bridgehead atoms. The molecule has 4 aromatic rings. The maximum Gasteiger partial charge on any atom is 0.325 e. The van der Waals surface area contributed by atoms with Gasteiger partial charge in [-0.2, -0.15) is 0 Å². The Morgan fingerprint density at radius 1 is 0.565 bits per heavy atom. The van der Waals surface area contributed by atoms with Gasteiger partial charge in [-0.05, 0) is 35.1 Å². The summed E-state index contributed by atoms with van der Waals surface area (Å²) in [6, 6.07) is 37.6. The van der Waals surface area contributed by atoms with Crippen LogP contribution in [0, 0.1) is 5.92 Å². The van der Waals surface area contributed by atoms with Gasteiger partial charge in [-0.1, -0.05) is 127 Å². The minimum absolute atomic E-state index is 0.109. The Morgan fingerprint density at radius 2 is 1.00 bits per heavy atom. The van der Waals surface area contributed by atoms with Crippen molar-refractivity contribution in [2.45, 2.75) is 32.5 Å². The molecule has 8 heteroatoms. The van der Waals surface area contributed by atoms with Crippen LogP contribution in [0.2, 0.25) is 0 Å². The molecule has 8 nitrogen and oxygen atoms in total. The normalized spacial score (nSPS) is 11.6. The van der Waals surface area contributed by atoms with Crippen molar-refractivity contribution in [1.29, 1.82) is 0 Å². The number of amides is 2. The van der Waals surface area contributed by atoms with E-state index in [4.69, 9.17) is 9.47 Å². The molecule has 0 heterocycles. The molecule has 1 atom stereocenters. The van der Waals surface area contributed by atoms with Crippen LogP contribution < -0.4 is 10.6 Å². The molecule has 0 aliphatic carbocycles. The first-order chi connectivity index (χ1) is 22.5. The van der Waals surface area contributed by atoms with E-state index in [2.05, 4.69) is 10.6 Å². The summed E-state index contributed by atoms with van der Waals surface area (Å²) in [6.07, 6.45) is 2.66. The van der Waals surface area contributed by atoms with Crippen molar-refractivity contribution < 1.29 is 28.7 Å². The zero-order chi connectivity index (χ0) is 32.4. The lowest BCUT2D eigenvalue weighted by molar-refractivity contribution is -0.145. The molecule has 0 aliphatic heterocycles. The molecule has 0 spiro atoms. The van der Waals surface area contributed by atoms with Crippen molar-refractivity contribution in [3.8, 4) is 0 Å². The number of hydrogen-bond acceptors (Lipinski definition) is 6. The van der Waals surface area contributed by atoms with Crippen molar-refractivity contribution in [3.63, 3.8) is 0 Å². The van der Waals surface area contributed by atoms with Crippen LogP contribution in [0.3, 0.4) is 0 Å². The first kappa shape index (κ1) is 33.4. The van der Waals surface area contributed by atoms with Crippen LogP contribution in [0.5, 0.6) is 0 Å². The van der Waals surface area contributed by atoms with Crippen molar-refractivity contribution in [1.82, 2.24) is 10.6 Å². The quantitative estimate of drug-likeness (QED) is 0.133. The first-order valence-corrected chi connectivity index (χ1v) is 15.2. The highest BCUT2D eigenvalue weighted by atomic mass is 16.5. The summed E-state index contributed by atoms with van der Waals surface area (Å²) in [6.45, 7) is -0.345. The number of benzene rings is 4. The van der Waals surface area contributed by atoms with E-state index < -0.39 is 23.8 Å². The molecule has 46 heavy (non-hydrogen) atoms. The first-order valence-electron chi connectivity index (χ1n) is 15.2. The average Bonchev–Trinajstić information content (AvgIpc) is 3.10. The van der Waals surface area contributed by atoms with Crippen LogP contribution in [-0.2, 0) is 54.7 Å². The van der Waals surface area contributed by atoms with E-state index in [0.717, 1.165) is 22.3 Å². The van der Waals surface area contributed by atoms with Crippen molar-refractivity contribution in [3.05, 3.63) is 155 Å². The molecule has 2 amide bonds. The number of allylic oxidation sites excluding steroid dienone is 1. The molecule has 0 saturated carbocycles. The highest BCUT2D eigenvalue weighted by Crippen LogP contribution is 2.17. The topological polar surface area (TPSA) is 111 Å². The number of carbonyl (C=O) groups is 4. The molecule has 0 aliphatic rings. The standard InChI is InChI=1S/C38H38N2O6/c41-35(45-27-31-17-9-3-10-18-31)25-39-37(43)33(23-29-13-5-1-6-14-29)21-22-34(24-30-15-7-2-8-16-30)38(44)40-26-36(42)46-28-32-19-11-4-12-20-32/h1-21,34H,22-28H2,(H,39,43)(H,40,44)/b33-21+. The summed E-state index contributed by atoms with van der Waals surface area (Å²) >= 11 is 0. The lowest BCUT2D eigenvalue weighted by Crippen LogP contribution is -2.36. The van der Waals surface area contributed by atoms with Crippen molar-refractivity contribution in [2.75, 3.05) is 13.1 Å². The maximum absolute atomic E-state index is 13.4. The van der Waals surface area contributed by atoms with Crippen LogP contribution in [0.15, 0.2) is 133 Å². The Hall–Kier alpha value is -5.50. The van der Waals surface area contributed by atoms with Crippen LogP contribution in [0.4, 0.5) is 0 Å². The molecule has 0 fully saturated rings. The number of nitrogens with one attached hydrogen (secondary N) is 2. The lowest BCUT2D eigenvalue weighted by atomic mass is 9.93. The third kappa shape index (κ3) is 11.9. The molecule has 2 N–H and O–H groups in total. The van der Waals surface area contributed by atoms with Gasteiger partial charge < -0.3 is 20.1 Å². The van der Waals surface area contributed by atoms with Crippen molar-refractivity contribution >= 4 is 23.8 Å². The van der Waals surface area contributed by atoms with Gasteiger partial charge in [0.05, 0.1) is 0 Å². The van der Waals surface area contributed by atoms with Gasteiger partial charge in [0.15, 0.2) is 0 Å². The third-order valence-corrected chi connectivity index (χ3v) is 7.16. The van der Waals surface area contributed by atoms with E-state index in [1.54, 1.807) is 6.08 Å². The predicted octanol–water partition coefficient (Wildman–Crippen LogP) is 5.12. The Morgan fingerprint density at radius 3 is 1.50 bits per heavy atom. The molecule has 0 aromatic heterocycles. The summed E-state index contributed by atoms with van der Waals surface area (Å²) < 4.78 is 10.6. The van der Waals surface area contributed by atoms with Crippen molar-refractivity contribution in [2.24, 2.45) is 5.92 Å². The second kappa shape index (κ2) is 18.3. The van der Waals surface area contributed by atoms with Gasteiger partial charge in [0.25, 0.3) is 0 Å². The Labute approximate surface area is 269 Å². The summed E-state index contributed by atoms with van der Waals surface area (Å²) in [7, 11) is 0. The van der Waals surface area contributed by atoms with E-state index in [1.165, 1.54) is 0 Å². The number of esters is 2. The summed E-state index contributed by atoms with van der Waals surface area (Å²) in [5.41, 5.74) is 3.95. The summed E-state index contributed by atoms with van der Waals surface area (Å²) in [4.78, 5) is 51.4. The lowest BCUT2D eigenvalue weighted by Gasteiger charge is -2.17. The maximum atomic E-state index is 13.4. The number of carbonyl (C=O) groups excluding carboxylic acids is 4. The second-order valence-electron chi connectivity index (χ2n) is 10.7. The molecule has 0 saturated heterocycles. The van der Waals surface area contributed by atoms with E-state index in [1.807, 2.05) is 121 Å². The van der Waals surface area contributed by atoms with E-state index >= 15 is 0 Å². The van der Waals surface area contributed by atoms with E-state index in [9.17, 15) is 19.2 Å². The van der Waals surface area contributed by atoms with Gasteiger partial charge in [0.1, 0.15) is 26.3 Å². The Balaban J connectivity index is 1.41. The number of rotatable bonds is 16. The average molecular weight is 619 g/mol. The number of hydrogen-bond donors (Lipinski definition) is 2. The van der Waals surface area contributed by atoms with Crippen LogP contribution in [0.1, 0.15) is 28.7 Å². The minimum atomic E-state index is -0.571. The molecule has 4 rings (SSSR count). The van der Waals surface area contributed by atoms with Crippen LogP contribution in [0.25, 0.3) is 0 Å². The summed E-state index contributed by atoms with van der Waals surface area (Å²) in [5.74, 6) is -2.44. The molecule has 1 unspecified atom stereocenters. The van der Waals surface area contributed by atoms with Gasteiger partial charge in [-0.15, -0.1) is 0 Å². The highest BCUT2D eigenvalue weighted by Gasteiger charge is 2.21. The fourth-order valence-corrected chi connectivity index (χ4v) is 4.67. The molecule has 4 aromatic carbocycles. The van der Waals surface area contributed by atoms with Crippen LogP contribution >= 0.6 is 0 Å². The number of ether oxygens (including phenoxy) is 2. The Bertz CT molecular complexity index is 1580. The second-order valence-corrected chi connectivity index (χ2v) is 10.7. The van der Waals surface area contributed by atoms with Gasteiger partial charge >= 0.3 is 11.9 Å². The Kier molecular flexibility index (Phi) is 13.3. The zero-order valence-corrected chi connectivity index (χ0v) is 25.6. The molecular weight excluding hydrogens is 580 g/mol. The van der Waals surface area contributed by atoms with Crippen LogP contribution in [-0.4, -0.2) is 36.8 Å². The van der Waals surface area contributed by atoms with Gasteiger partial charge in [-0.3, -0.25) is 19.2 Å². The fraction of sp³-hybridized carbons (Fsp3) is 0.211. The molecule has 0 radical (unpaired) electrons. The van der Waals surface area contributed by atoms with E-state index in [-0.39, 0.29) is 38.6 Å². The van der Waals surface area contributed by atoms with Gasteiger partial charge in [-0.25, -0.2) is 0 Å². The molecule has 236 valence electrons.